The van der Waals surface area contributed by atoms with Crippen LogP contribution in [0.2, 0.25) is 0 Å². The molecule has 1 radical (unpaired) electrons. The van der Waals surface area contributed by atoms with E-state index >= 15 is 0 Å². The molecule has 0 N–H and O–H groups in total. The van der Waals surface area contributed by atoms with Crippen molar-refractivity contribution in [3.63, 3.8) is 0 Å². The molecule has 0 spiro atoms. The monoisotopic (exact) mass is 182 g/mol. The molecule has 0 aliphatic carbocycles. The topological polar surface area (TPSA) is 23.1 Å². The van der Waals surface area contributed by atoms with Crippen LogP contribution in [-0.4, -0.2) is 16.1 Å². The van der Waals surface area contributed by atoms with Gasteiger partial charge in [-0.25, -0.2) is 0 Å². The van der Waals surface area contributed by atoms with E-state index in [1.54, 1.807) is 0 Å². The van der Waals surface area contributed by atoms with Gasteiger partial charge >= 0.3 is 0 Å². The summed E-state index contributed by atoms with van der Waals surface area (Å²) in [4.78, 5) is 0. The summed E-state index contributed by atoms with van der Waals surface area (Å²) in [7, 11) is 0. The van der Waals surface area contributed by atoms with Crippen molar-refractivity contribution < 1.29 is 5.21 Å². The Labute approximate surface area is 81.2 Å². The van der Waals surface area contributed by atoms with E-state index in [0.29, 0.717) is 5.92 Å². The Balaban J connectivity index is 2.88. The molecule has 13 heavy (non-hydrogen) atoms. The number of hydrogen-bond acceptors (Lipinski definition) is 1. The Hall–Kier alpha value is -0.340. The lowest BCUT2D eigenvalue weighted by atomic mass is 9.75. The zero-order valence-electron chi connectivity index (χ0n) is 9.13. The lowest BCUT2D eigenvalue weighted by Crippen LogP contribution is -2.57. The molecule has 2 nitrogen and oxygen atoms in total. The lowest BCUT2D eigenvalue weighted by Gasteiger charge is -2.49. The third-order valence-electron chi connectivity index (χ3n) is 2.96. The van der Waals surface area contributed by atoms with Crippen LogP contribution in [0.4, 0.5) is 0 Å². The first-order valence-corrected chi connectivity index (χ1v) is 4.89. The van der Waals surface area contributed by atoms with Crippen LogP contribution in [0.15, 0.2) is 12.7 Å². The minimum absolute atomic E-state index is 0.249. The molecule has 0 unspecified atom stereocenters. The molecule has 1 rings (SSSR count). The first-order chi connectivity index (χ1) is 5.79. The fourth-order valence-electron chi connectivity index (χ4n) is 2.51. The summed E-state index contributed by atoms with van der Waals surface area (Å²) in [6.07, 6.45) is 3.82. The molecule has 0 saturated carbocycles. The second-order valence-electron chi connectivity index (χ2n) is 5.32. The summed E-state index contributed by atoms with van der Waals surface area (Å²) in [5.74, 6) is 0.482. The largest absolute Gasteiger partial charge is 0.144 e. The maximum atomic E-state index is 11.9. The van der Waals surface area contributed by atoms with Crippen molar-refractivity contribution in [2.75, 3.05) is 0 Å². The van der Waals surface area contributed by atoms with E-state index < -0.39 is 0 Å². The Morgan fingerprint density at radius 1 is 1.23 bits per heavy atom. The second-order valence-corrected chi connectivity index (χ2v) is 5.32. The molecule has 1 fully saturated rings. The Morgan fingerprint density at radius 2 is 1.62 bits per heavy atom. The Morgan fingerprint density at radius 3 is 1.92 bits per heavy atom. The van der Waals surface area contributed by atoms with E-state index in [4.69, 9.17) is 0 Å². The van der Waals surface area contributed by atoms with Gasteiger partial charge in [0.2, 0.25) is 0 Å². The molecular formula is C11H20NO. The van der Waals surface area contributed by atoms with Gasteiger partial charge in [-0.3, -0.25) is 0 Å². The first kappa shape index (κ1) is 10.7. The van der Waals surface area contributed by atoms with Gasteiger partial charge in [0, 0.05) is 11.1 Å². The molecule has 1 aliphatic rings. The average Bonchev–Trinajstić information content (AvgIpc) is 1.99. The molecule has 0 aromatic carbocycles. The summed E-state index contributed by atoms with van der Waals surface area (Å²) < 4.78 is 0. The molecular weight excluding hydrogens is 162 g/mol. The molecule has 0 aromatic heterocycles. The summed E-state index contributed by atoms with van der Waals surface area (Å²) in [5.41, 5.74) is -0.499. The molecule has 1 heterocycles. The molecule has 0 bridgehead atoms. The predicted molar refractivity (Wildman–Crippen MR) is 53.6 cm³/mol. The van der Waals surface area contributed by atoms with E-state index in [9.17, 15) is 5.21 Å². The number of rotatable bonds is 1. The third kappa shape index (κ3) is 1.94. The summed E-state index contributed by atoms with van der Waals surface area (Å²) in [6.45, 7) is 11.9. The highest BCUT2D eigenvalue weighted by Gasteiger charge is 2.45. The van der Waals surface area contributed by atoms with Crippen LogP contribution in [-0.2, 0) is 5.21 Å². The third-order valence-corrected chi connectivity index (χ3v) is 2.96. The number of nitrogens with zero attached hydrogens (tertiary/aromatic N) is 1. The van der Waals surface area contributed by atoms with Gasteiger partial charge in [0.05, 0.1) is 0 Å². The molecule has 75 valence electrons. The van der Waals surface area contributed by atoms with Gasteiger partial charge in [0.1, 0.15) is 0 Å². The zero-order valence-corrected chi connectivity index (χ0v) is 9.13. The molecule has 1 aliphatic heterocycles. The van der Waals surface area contributed by atoms with E-state index in [1.165, 1.54) is 5.06 Å². The highest BCUT2D eigenvalue weighted by Crippen LogP contribution is 2.40. The van der Waals surface area contributed by atoms with Crippen molar-refractivity contribution in [2.24, 2.45) is 5.92 Å². The van der Waals surface area contributed by atoms with Crippen LogP contribution in [0.5, 0.6) is 0 Å². The van der Waals surface area contributed by atoms with E-state index in [-0.39, 0.29) is 11.1 Å². The smallest absolute Gasteiger partial charge is 0.0449 e. The summed E-state index contributed by atoms with van der Waals surface area (Å²) in [5, 5.41) is 13.2. The number of hydrogen-bond donors (Lipinski definition) is 0. The van der Waals surface area contributed by atoms with E-state index in [0.717, 1.165) is 12.8 Å². The molecule has 0 atom stereocenters. The quantitative estimate of drug-likeness (QED) is 0.572. The first-order valence-electron chi connectivity index (χ1n) is 4.89. The SMILES string of the molecule is C=CC1CC(C)(C)N([O])C(C)(C)C1. The van der Waals surface area contributed by atoms with Crippen molar-refractivity contribution in [3.8, 4) is 0 Å². The van der Waals surface area contributed by atoms with Gasteiger partial charge in [0.15, 0.2) is 0 Å². The van der Waals surface area contributed by atoms with Gasteiger partial charge in [-0.15, -0.1) is 16.8 Å². The van der Waals surface area contributed by atoms with Crippen LogP contribution in [0.3, 0.4) is 0 Å². The van der Waals surface area contributed by atoms with Gasteiger partial charge in [0.25, 0.3) is 0 Å². The van der Waals surface area contributed by atoms with Gasteiger partial charge in [-0.05, 0) is 46.5 Å². The number of hydroxylamine groups is 2. The minimum atomic E-state index is -0.249. The highest BCUT2D eigenvalue weighted by atomic mass is 16.5. The average molecular weight is 182 g/mol. The van der Waals surface area contributed by atoms with Crippen LogP contribution >= 0.6 is 0 Å². The van der Waals surface area contributed by atoms with Crippen molar-refractivity contribution in [2.45, 2.75) is 51.6 Å². The van der Waals surface area contributed by atoms with Gasteiger partial charge in [-0.1, -0.05) is 6.08 Å². The summed E-state index contributed by atoms with van der Waals surface area (Å²) >= 11 is 0. The highest BCUT2D eigenvalue weighted by molar-refractivity contribution is 5.00. The van der Waals surface area contributed by atoms with Gasteiger partial charge in [-0.2, -0.15) is 0 Å². The minimum Gasteiger partial charge on any atom is -0.144 e. The Kier molecular flexibility index (Phi) is 2.56. The standard InChI is InChI=1S/C11H20NO/c1-6-9-7-10(2,3)12(13)11(4,5)8-9/h6,9H,1,7-8H2,2-5H3. The molecule has 1 saturated heterocycles. The molecule has 0 aromatic rings. The molecule has 2 heteroatoms. The lowest BCUT2D eigenvalue weighted by molar-refractivity contribution is -0.291. The normalized spacial score (nSPS) is 28.7. The van der Waals surface area contributed by atoms with Crippen molar-refractivity contribution in [1.29, 1.82) is 0 Å². The van der Waals surface area contributed by atoms with Gasteiger partial charge < -0.3 is 0 Å². The van der Waals surface area contributed by atoms with E-state index in [2.05, 4.69) is 6.58 Å². The zero-order chi connectivity index (χ0) is 10.3. The Bertz CT molecular complexity index is 190. The second kappa shape index (κ2) is 3.10. The van der Waals surface area contributed by atoms with Crippen LogP contribution < -0.4 is 0 Å². The maximum absolute atomic E-state index is 11.9. The predicted octanol–water partition coefficient (Wildman–Crippen LogP) is 2.79. The molecule has 0 amide bonds. The fraction of sp³-hybridized carbons (Fsp3) is 0.818. The fourth-order valence-corrected chi connectivity index (χ4v) is 2.51. The van der Waals surface area contributed by atoms with Crippen molar-refractivity contribution in [1.82, 2.24) is 5.06 Å². The maximum Gasteiger partial charge on any atom is 0.0449 e. The number of piperidine rings is 1. The van der Waals surface area contributed by atoms with Crippen molar-refractivity contribution in [3.05, 3.63) is 12.7 Å². The van der Waals surface area contributed by atoms with E-state index in [1.807, 2.05) is 33.8 Å². The van der Waals surface area contributed by atoms with Crippen LogP contribution in [0.1, 0.15) is 40.5 Å². The van der Waals surface area contributed by atoms with Crippen LogP contribution in [0, 0.1) is 5.92 Å². The van der Waals surface area contributed by atoms with Crippen molar-refractivity contribution >= 4 is 0 Å². The number of allylic oxidation sites excluding steroid dienone is 1. The summed E-state index contributed by atoms with van der Waals surface area (Å²) in [6, 6.07) is 0. The van der Waals surface area contributed by atoms with Crippen LogP contribution in [0.25, 0.3) is 0 Å².